The van der Waals surface area contributed by atoms with Crippen LogP contribution in [0.25, 0.3) is 0 Å². The normalized spacial score (nSPS) is 12.2. The van der Waals surface area contributed by atoms with Crippen LogP contribution in [0.15, 0.2) is 17.0 Å². The van der Waals surface area contributed by atoms with Crippen LogP contribution in [0.1, 0.15) is 44.6 Å². The summed E-state index contributed by atoms with van der Waals surface area (Å²) in [6, 6.07) is 0. The number of nitrogens with zero attached hydrogens (tertiary/aromatic N) is 1. The summed E-state index contributed by atoms with van der Waals surface area (Å²) in [6.45, 7) is 1.11. The minimum absolute atomic E-state index is 0.219. The smallest absolute Gasteiger partial charge is 0.200 e. The molecule has 0 unspecified atom stereocenters. The van der Waals surface area contributed by atoms with Crippen molar-refractivity contribution in [2.75, 3.05) is 0 Å². The number of aliphatic hydroxyl groups excluding tert-OH is 1. The van der Waals surface area contributed by atoms with Gasteiger partial charge >= 0.3 is 0 Å². The van der Waals surface area contributed by atoms with Gasteiger partial charge in [-0.05, 0) is 18.9 Å². The van der Waals surface area contributed by atoms with Gasteiger partial charge in [0.2, 0.25) is 5.82 Å². The fraction of sp³-hybridized carbons (Fsp3) is 0.438. The van der Waals surface area contributed by atoms with E-state index in [-0.39, 0.29) is 5.76 Å². The van der Waals surface area contributed by atoms with Gasteiger partial charge in [0.1, 0.15) is 18.6 Å². The molecule has 1 aromatic rings. The number of hydrogen-bond acceptors (Lipinski definition) is 3. The van der Waals surface area contributed by atoms with Gasteiger partial charge in [0.15, 0.2) is 23.3 Å². The van der Waals surface area contributed by atoms with Gasteiger partial charge in [-0.1, -0.05) is 31.3 Å². The fourth-order valence-corrected chi connectivity index (χ4v) is 1.84. The first-order chi connectivity index (χ1) is 11.4. The summed E-state index contributed by atoms with van der Waals surface area (Å²) in [5.74, 6) is -10.5. The maximum absolute atomic E-state index is 13.3. The molecular formula is C16H18F5NO2. The molecule has 0 radical (unpaired) electrons. The van der Waals surface area contributed by atoms with Crippen LogP contribution in [0.4, 0.5) is 22.0 Å². The molecule has 0 saturated heterocycles. The van der Waals surface area contributed by atoms with Crippen LogP contribution in [0.5, 0.6) is 0 Å². The number of hydrogen-bond donors (Lipinski definition) is 1. The topological polar surface area (TPSA) is 41.8 Å². The summed E-state index contributed by atoms with van der Waals surface area (Å²) in [4.78, 5) is 4.48. The first-order valence-corrected chi connectivity index (χ1v) is 7.44. The highest BCUT2D eigenvalue weighted by Gasteiger charge is 2.25. The number of unbranched alkanes of at least 4 members (excludes halogenated alkanes) is 4. The van der Waals surface area contributed by atoms with Crippen molar-refractivity contribution in [3.05, 3.63) is 46.5 Å². The summed E-state index contributed by atoms with van der Waals surface area (Å²) in [5.41, 5.74) is -1.13. The molecule has 0 atom stereocenters. The van der Waals surface area contributed by atoms with E-state index in [2.05, 4.69) is 16.9 Å². The SMILES string of the molecule is CCCCCCC=C(O)C=NOCc1c(F)c(F)c(F)c(F)c1F. The van der Waals surface area contributed by atoms with Gasteiger partial charge in [0.25, 0.3) is 0 Å². The van der Waals surface area contributed by atoms with Crippen LogP contribution in [0.3, 0.4) is 0 Å². The lowest BCUT2D eigenvalue weighted by atomic mass is 10.1. The van der Waals surface area contributed by atoms with Gasteiger partial charge in [-0.3, -0.25) is 0 Å². The van der Waals surface area contributed by atoms with Gasteiger partial charge < -0.3 is 9.94 Å². The Kier molecular flexibility index (Phi) is 8.21. The molecule has 0 aromatic heterocycles. The van der Waals surface area contributed by atoms with E-state index < -0.39 is 41.3 Å². The fourth-order valence-electron chi connectivity index (χ4n) is 1.84. The molecular weight excluding hydrogens is 333 g/mol. The number of oxime groups is 1. The molecule has 1 aromatic carbocycles. The Bertz CT molecular complexity index is 588. The molecule has 0 saturated carbocycles. The number of aliphatic hydroxyl groups is 1. The van der Waals surface area contributed by atoms with Gasteiger partial charge in [0.05, 0.1) is 5.56 Å². The van der Waals surface area contributed by atoms with E-state index in [0.717, 1.165) is 31.9 Å². The van der Waals surface area contributed by atoms with Crippen molar-refractivity contribution in [1.29, 1.82) is 0 Å². The Hall–Kier alpha value is -2.12. The highest BCUT2D eigenvalue weighted by Crippen LogP contribution is 2.23. The molecule has 1 rings (SSSR count). The van der Waals surface area contributed by atoms with Crippen molar-refractivity contribution in [1.82, 2.24) is 0 Å². The molecule has 0 fully saturated rings. The van der Waals surface area contributed by atoms with Crippen molar-refractivity contribution in [3.8, 4) is 0 Å². The van der Waals surface area contributed by atoms with Gasteiger partial charge in [-0.2, -0.15) is 0 Å². The summed E-state index contributed by atoms with van der Waals surface area (Å²) < 4.78 is 65.5. The molecule has 0 aliphatic carbocycles. The predicted octanol–water partition coefficient (Wildman–Crippen LogP) is 5.30. The van der Waals surface area contributed by atoms with Crippen LogP contribution in [-0.2, 0) is 11.4 Å². The second-order valence-corrected chi connectivity index (χ2v) is 5.03. The summed E-state index contributed by atoms with van der Waals surface area (Å²) in [5, 5.41) is 12.7. The van der Waals surface area contributed by atoms with Crippen LogP contribution in [-0.4, -0.2) is 11.3 Å². The first kappa shape index (κ1) is 19.9. The molecule has 0 amide bonds. The molecule has 3 nitrogen and oxygen atoms in total. The van der Waals surface area contributed by atoms with E-state index in [1.807, 2.05) is 0 Å². The molecule has 0 spiro atoms. The Labute approximate surface area is 136 Å². The highest BCUT2D eigenvalue weighted by molar-refractivity contribution is 5.74. The monoisotopic (exact) mass is 351 g/mol. The van der Waals surface area contributed by atoms with Crippen molar-refractivity contribution in [2.24, 2.45) is 5.16 Å². The summed E-state index contributed by atoms with van der Waals surface area (Å²) in [6.07, 6.45) is 7.07. The zero-order chi connectivity index (χ0) is 18.1. The zero-order valence-electron chi connectivity index (χ0n) is 13.1. The maximum Gasteiger partial charge on any atom is 0.200 e. The van der Waals surface area contributed by atoms with Crippen molar-refractivity contribution in [3.63, 3.8) is 0 Å². The first-order valence-electron chi connectivity index (χ1n) is 7.44. The third-order valence-electron chi connectivity index (χ3n) is 3.18. The third kappa shape index (κ3) is 5.50. The van der Waals surface area contributed by atoms with Gasteiger partial charge in [-0.25, -0.2) is 22.0 Å². The standard InChI is InChI=1S/C16H18F5NO2/c1-2-3-4-5-6-7-10(23)8-22-24-9-11-12(17)14(19)16(21)15(20)13(11)18/h7-8,23H,2-6,9H2,1H3. The second kappa shape index (κ2) is 9.89. The lowest BCUT2D eigenvalue weighted by Crippen LogP contribution is -2.07. The van der Waals surface area contributed by atoms with Crippen molar-refractivity contribution in [2.45, 2.75) is 45.6 Å². The lowest BCUT2D eigenvalue weighted by molar-refractivity contribution is 0.123. The molecule has 0 bridgehead atoms. The van der Waals surface area contributed by atoms with Crippen LogP contribution in [0, 0.1) is 29.1 Å². The average molecular weight is 351 g/mol. The molecule has 134 valence electrons. The van der Waals surface area contributed by atoms with Crippen LogP contribution < -0.4 is 0 Å². The molecule has 8 heteroatoms. The molecule has 0 aliphatic heterocycles. The second-order valence-electron chi connectivity index (χ2n) is 5.03. The van der Waals surface area contributed by atoms with Crippen molar-refractivity contribution < 1.29 is 31.9 Å². The third-order valence-corrected chi connectivity index (χ3v) is 3.18. The van der Waals surface area contributed by atoms with E-state index in [0.29, 0.717) is 6.42 Å². The Balaban J connectivity index is 2.57. The maximum atomic E-state index is 13.3. The molecule has 0 heterocycles. The summed E-state index contributed by atoms with van der Waals surface area (Å²) >= 11 is 0. The van der Waals surface area contributed by atoms with Crippen LogP contribution in [0.2, 0.25) is 0 Å². The van der Waals surface area contributed by atoms with E-state index in [1.54, 1.807) is 0 Å². The molecule has 1 N–H and O–H groups in total. The largest absolute Gasteiger partial charge is 0.507 e. The van der Waals surface area contributed by atoms with Gasteiger partial charge in [0, 0.05) is 0 Å². The predicted molar refractivity (Wildman–Crippen MR) is 79.0 cm³/mol. The van der Waals surface area contributed by atoms with Gasteiger partial charge in [-0.15, -0.1) is 0 Å². The van der Waals surface area contributed by atoms with E-state index in [4.69, 9.17) is 0 Å². The summed E-state index contributed by atoms with van der Waals surface area (Å²) in [7, 11) is 0. The van der Waals surface area contributed by atoms with E-state index >= 15 is 0 Å². The Morgan fingerprint density at radius 3 is 2.12 bits per heavy atom. The van der Waals surface area contributed by atoms with E-state index in [9.17, 15) is 27.1 Å². The molecule has 0 aliphatic rings. The van der Waals surface area contributed by atoms with Crippen LogP contribution >= 0.6 is 0 Å². The number of halogens is 5. The van der Waals surface area contributed by atoms with Crippen molar-refractivity contribution >= 4 is 6.21 Å². The minimum atomic E-state index is -2.24. The number of rotatable bonds is 9. The number of allylic oxidation sites excluding steroid dienone is 2. The lowest BCUT2D eigenvalue weighted by Gasteiger charge is -2.06. The number of benzene rings is 1. The average Bonchev–Trinajstić information content (AvgIpc) is 2.57. The highest BCUT2D eigenvalue weighted by atomic mass is 19.2. The Morgan fingerprint density at radius 2 is 1.54 bits per heavy atom. The quantitative estimate of drug-likeness (QED) is 0.125. The van der Waals surface area contributed by atoms with E-state index in [1.165, 1.54) is 6.08 Å². The minimum Gasteiger partial charge on any atom is -0.507 e. The Morgan fingerprint density at radius 1 is 0.958 bits per heavy atom. The zero-order valence-corrected chi connectivity index (χ0v) is 13.1. The molecule has 24 heavy (non-hydrogen) atoms.